The van der Waals surface area contributed by atoms with Gasteiger partial charge in [-0.1, -0.05) is 73.1 Å². The number of aliphatic hydroxyl groups is 1. The Balaban J connectivity index is -0.0000000991. The molecule has 0 spiro atoms. The third-order valence-electron chi connectivity index (χ3n) is 10.2. The maximum atomic E-state index is 13.2. The Morgan fingerprint density at radius 2 is 0.753 bits per heavy atom. The van der Waals surface area contributed by atoms with Crippen molar-refractivity contribution in [3.63, 3.8) is 0 Å². The quantitative estimate of drug-likeness (QED) is 0.0197. The summed E-state index contributed by atoms with van der Waals surface area (Å²) in [7, 11) is 12.7. The molecule has 2 heterocycles. The molecule has 0 radical (unpaired) electrons. The number of aliphatic hydroxyl groups excluding tert-OH is 1. The summed E-state index contributed by atoms with van der Waals surface area (Å²) in [6.45, 7) is 12.5. The van der Waals surface area contributed by atoms with Crippen molar-refractivity contribution in [1.82, 2.24) is 62.4 Å². The van der Waals surface area contributed by atoms with E-state index in [1.807, 2.05) is 14.1 Å². The minimum Gasteiger partial charge on any atom is -0.668 e. The fraction of sp³-hybridized carbons (Fsp3) is 0.864. The first-order chi connectivity index (χ1) is 42.4. The number of hydrogen-bond acceptors (Lipinski definition) is 15. The molecule has 0 atom stereocenters. The predicted octanol–water partition coefficient (Wildman–Crippen LogP) is 15.4. The number of alkyl halides is 9. The van der Waals surface area contributed by atoms with Gasteiger partial charge in [0.15, 0.2) is 0 Å². The second-order valence-electron chi connectivity index (χ2n) is 20.0. The zero-order valence-corrected chi connectivity index (χ0v) is 77.4. The molecule has 0 amide bonds. The molecule has 584 valence electrons. The van der Waals surface area contributed by atoms with Crippen LogP contribution in [0.15, 0.2) is 12.4 Å². The largest absolute Gasteiger partial charge is 1.00 e. The van der Waals surface area contributed by atoms with Gasteiger partial charge in [0, 0.05) is 112 Å². The zero-order chi connectivity index (χ0) is 75.0. The Morgan fingerprint density at radius 1 is 0.515 bits per heavy atom. The van der Waals surface area contributed by atoms with E-state index >= 15 is 0 Å². The third-order valence-corrected chi connectivity index (χ3v) is 29.5. The van der Waals surface area contributed by atoms with E-state index < -0.39 is 58.8 Å². The number of rotatable bonds is 33. The van der Waals surface area contributed by atoms with Crippen LogP contribution in [0.1, 0.15) is 18.8 Å². The smallest absolute Gasteiger partial charge is 0.668 e. The van der Waals surface area contributed by atoms with Crippen LogP contribution in [0.2, 0.25) is 39.3 Å². The molecule has 3 N–H and O–H groups in total. The van der Waals surface area contributed by atoms with Crippen LogP contribution in [0.5, 0.6) is 0 Å². The number of aromatic nitrogens is 4. The monoisotopic (exact) mass is 1880 g/mol. The summed E-state index contributed by atoms with van der Waals surface area (Å²) in [6.07, 6.45) is 2.60. The van der Waals surface area contributed by atoms with Gasteiger partial charge in [-0.15, -0.1) is 129 Å². The number of nitrogens with zero attached hydrogens (tertiary/aromatic N) is 14. The van der Waals surface area contributed by atoms with Crippen molar-refractivity contribution in [2.45, 2.75) is 59.9 Å². The molecule has 97 heavy (non-hydrogen) atoms. The summed E-state index contributed by atoms with van der Waals surface area (Å²) in [5, 5.41) is 32.2. The number of imidazole rings is 2. The summed E-state index contributed by atoms with van der Waals surface area (Å²) in [6, 6.07) is 0. The van der Waals surface area contributed by atoms with E-state index in [0.29, 0.717) is 98.4 Å². The molecular weight excluding hydrogens is 1780 g/mol. The molecule has 2 aromatic rings. The first-order valence-electron chi connectivity index (χ1n) is 26.9. The number of nitro groups is 2. The molecule has 0 aliphatic rings. The molecule has 2 rings (SSSR count). The number of nitrogens with one attached hydrogen (secondary N) is 2. The van der Waals surface area contributed by atoms with Crippen LogP contribution in [0, 0.1) is 20.2 Å². The molecule has 0 fully saturated rings. The third kappa shape index (κ3) is 68.0. The van der Waals surface area contributed by atoms with Crippen molar-refractivity contribution in [3.05, 3.63) is 48.7 Å². The van der Waals surface area contributed by atoms with Gasteiger partial charge in [0.05, 0.1) is 14.1 Å². The second-order valence-corrected chi connectivity index (χ2v) is 54.3. The fourth-order valence-corrected chi connectivity index (χ4v) is 22.6. The summed E-state index contributed by atoms with van der Waals surface area (Å²) in [4.78, 5) is 27.0. The molecule has 0 saturated heterocycles. The fourth-order valence-electron chi connectivity index (χ4n) is 5.53. The summed E-state index contributed by atoms with van der Waals surface area (Å²) >= 11 is 85.4. The van der Waals surface area contributed by atoms with Crippen LogP contribution in [-0.2, 0) is 54.7 Å². The van der Waals surface area contributed by atoms with E-state index in [9.17, 15) is 43.1 Å². The molecule has 27 nitrogen and oxygen atoms in total. The maximum Gasteiger partial charge on any atom is 1.00 e. The standard InChI is InChI=1S/C11H20Cl2N5O4P.2C6H14Cl3N2OP.C6H18NSi2.C5H7N3O3.C3H7Cl3NOP.2C3H8ClN.CH4.Cl3OP.2ClH.Li/c1-15(6-4-12)23(21,16(2)7-5-13)22-9-10-8-14-11(17(10)3)18(19)20;2*1-10(5-3-7)13(9,12)11(2)6-4-8;1-8(2,3)7-9(4,5)6;1-7-4(3-9)2-6-5(7)8(10)11;1-7(3-2-4)9(5,6)8;2*1-5-3-2-4;;1-5(2,3)4;;;/h8H,4-7,9H2,1-3H3;2*3-6H2,1-2H3;1-6H3;2,9H,3H2,1H3;2-3H2,1H3;2*5H,2-3H2,1H3;1H4;;2*1H;/q;;;-1;;;;;;;;;+1. The molecule has 2 aromatic heterocycles. The van der Waals surface area contributed by atoms with Crippen LogP contribution >= 0.6 is 240 Å². The normalized spacial score (nSPS) is 11.4. The van der Waals surface area contributed by atoms with Crippen molar-refractivity contribution in [1.29, 1.82) is 0 Å². The van der Waals surface area contributed by atoms with Crippen molar-refractivity contribution in [2.24, 2.45) is 14.1 Å². The van der Waals surface area contributed by atoms with Crippen molar-refractivity contribution in [3.8, 4) is 0 Å². The van der Waals surface area contributed by atoms with Crippen molar-refractivity contribution >= 4 is 269 Å². The van der Waals surface area contributed by atoms with Gasteiger partial charge in [-0.05, 0) is 152 Å². The Morgan fingerprint density at radius 3 is 0.907 bits per heavy atom. The van der Waals surface area contributed by atoms with Gasteiger partial charge in [-0.3, -0.25) is 27.3 Å². The Kier molecular flexibility index (Phi) is 89.2. The van der Waals surface area contributed by atoms with Gasteiger partial charge in [0.2, 0.25) is 0 Å². The van der Waals surface area contributed by atoms with Crippen LogP contribution in [0.3, 0.4) is 0 Å². The maximum absolute atomic E-state index is 13.2. The van der Waals surface area contributed by atoms with Gasteiger partial charge >= 0.3 is 63.2 Å². The van der Waals surface area contributed by atoms with Gasteiger partial charge in [-0.2, -0.15) is 0 Å². The van der Waals surface area contributed by atoms with Gasteiger partial charge in [0.1, 0.15) is 37.0 Å². The topological polar surface area (TPSA) is 298 Å². The van der Waals surface area contributed by atoms with E-state index in [2.05, 4.69) is 93.6 Å². The number of halogens is 18. The first-order valence-corrected chi connectivity index (χ1v) is 53.1. The molecule has 0 aliphatic carbocycles. The van der Waals surface area contributed by atoms with E-state index in [1.165, 1.54) is 49.6 Å². The number of hydrogen-bond donors (Lipinski definition) is 3. The zero-order valence-electron chi connectivity index (χ0n) is 57.2. The molecule has 53 heteroatoms. The van der Waals surface area contributed by atoms with E-state index in [4.69, 9.17) is 164 Å². The Hall–Kier alpha value is 4.14. The first kappa shape index (κ1) is 125. The minimum atomic E-state index is -3.35. The molecule has 0 aliphatic heterocycles. The van der Waals surface area contributed by atoms with Crippen molar-refractivity contribution < 1.29 is 61.2 Å². The molecule has 0 bridgehead atoms. The van der Waals surface area contributed by atoms with Gasteiger partial charge in [-0.25, -0.2) is 41.8 Å². The average molecular weight is 1890 g/mol. The minimum absolute atomic E-state index is 0. The van der Waals surface area contributed by atoms with Crippen LogP contribution < -0.4 is 29.5 Å². The van der Waals surface area contributed by atoms with Crippen molar-refractivity contribution in [2.75, 3.05) is 175 Å². The Bertz CT molecular complexity index is 2390. The summed E-state index contributed by atoms with van der Waals surface area (Å²) < 4.78 is 80.7. The van der Waals surface area contributed by atoms with Crippen LogP contribution in [-0.4, -0.2) is 258 Å². The molecular formula is C44H102Cl18LiN16O11P5Si2. The van der Waals surface area contributed by atoms with Gasteiger partial charge < -0.3 is 40.6 Å². The van der Waals surface area contributed by atoms with Gasteiger partial charge in [0.25, 0.3) is 0 Å². The van der Waals surface area contributed by atoms with Crippen LogP contribution in [0.4, 0.5) is 11.9 Å². The van der Waals surface area contributed by atoms with E-state index in [-0.39, 0.29) is 88.0 Å². The van der Waals surface area contributed by atoms with E-state index in [1.54, 1.807) is 68.0 Å². The van der Waals surface area contributed by atoms with E-state index in [0.717, 1.165) is 13.1 Å². The molecule has 0 unspecified atom stereocenters. The van der Waals surface area contributed by atoms with Crippen LogP contribution in [0.25, 0.3) is 4.65 Å². The average Bonchev–Trinajstić information content (AvgIpc) is 1.78. The Labute approximate surface area is 683 Å². The second kappa shape index (κ2) is 69.3. The molecule has 0 aromatic carbocycles. The summed E-state index contributed by atoms with van der Waals surface area (Å²) in [5.41, 5.74) is 0.868. The predicted molar refractivity (Wildman–Crippen MR) is 433 cm³/mol. The molecule has 0 saturated carbocycles. The summed E-state index contributed by atoms with van der Waals surface area (Å²) in [5.74, 6) is 0.339. The SMILES string of the molecule is C.CN(CCCl)P(=O)(Cl)Cl.CN(CCCl)P(=O)(Cl)N(C)CCCl.CN(CCCl)P(=O)(Cl)N(C)CCCl.CN(CCCl)P(=O)(OCc1cnc([N+](=O)[O-])n1C)N(C)CCCl.CNCCCl.CNCCCl.C[Si](C)(C)[N-][Si](C)(C)C.Cl.Cl.Cn1c(CO)cnc1[N+](=O)[O-].O=P(Cl)(Cl)Cl.[Li+].